The standard InChI is InChI=1S/C11H18N2O/c12-8-6-11(7-9-13)14-10-4-2-1-3-5-10/h1-5,11H,6-9,12-13H2. The van der Waals surface area contributed by atoms with Crippen molar-refractivity contribution in [1.82, 2.24) is 0 Å². The summed E-state index contributed by atoms with van der Waals surface area (Å²) in [5, 5.41) is 0. The molecule has 0 heterocycles. The third kappa shape index (κ3) is 3.77. The second kappa shape index (κ2) is 6.40. The van der Waals surface area contributed by atoms with Crippen LogP contribution in [-0.4, -0.2) is 19.2 Å². The monoisotopic (exact) mass is 194 g/mol. The van der Waals surface area contributed by atoms with Crippen LogP contribution in [0.3, 0.4) is 0 Å². The van der Waals surface area contributed by atoms with Crippen LogP contribution in [0.2, 0.25) is 0 Å². The Morgan fingerprint density at radius 2 is 1.57 bits per heavy atom. The summed E-state index contributed by atoms with van der Waals surface area (Å²) in [7, 11) is 0. The number of ether oxygens (including phenoxy) is 1. The molecule has 4 N–H and O–H groups in total. The lowest BCUT2D eigenvalue weighted by molar-refractivity contribution is 0.186. The molecule has 0 unspecified atom stereocenters. The predicted octanol–water partition coefficient (Wildman–Crippen LogP) is 1.13. The SMILES string of the molecule is NCCC(CCN)Oc1ccccc1. The molecule has 1 aromatic carbocycles. The third-order valence-corrected chi connectivity index (χ3v) is 2.02. The van der Waals surface area contributed by atoms with Crippen molar-refractivity contribution in [3.8, 4) is 5.75 Å². The fourth-order valence-electron chi connectivity index (χ4n) is 1.33. The Balaban J connectivity index is 2.46. The predicted molar refractivity (Wildman–Crippen MR) is 58.2 cm³/mol. The molecule has 0 aliphatic heterocycles. The van der Waals surface area contributed by atoms with Crippen LogP contribution < -0.4 is 16.2 Å². The van der Waals surface area contributed by atoms with Gasteiger partial charge in [-0.05, 0) is 38.1 Å². The minimum absolute atomic E-state index is 0.146. The lowest BCUT2D eigenvalue weighted by Crippen LogP contribution is -2.23. The van der Waals surface area contributed by atoms with Crippen LogP contribution in [-0.2, 0) is 0 Å². The van der Waals surface area contributed by atoms with Crippen molar-refractivity contribution < 1.29 is 4.74 Å². The van der Waals surface area contributed by atoms with Crippen LogP contribution >= 0.6 is 0 Å². The van der Waals surface area contributed by atoms with E-state index in [1.807, 2.05) is 30.3 Å². The zero-order valence-electron chi connectivity index (χ0n) is 8.36. The maximum atomic E-state index is 5.74. The average Bonchev–Trinajstić information content (AvgIpc) is 2.20. The highest BCUT2D eigenvalue weighted by molar-refractivity contribution is 5.21. The van der Waals surface area contributed by atoms with E-state index in [2.05, 4.69) is 0 Å². The van der Waals surface area contributed by atoms with Gasteiger partial charge in [-0.2, -0.15) is 0 Å². The molecular formula is C11H18N2O. The van der Waals surface area contributed by atoms with E-state index in [4.69, 9.17) is 16.2 Å². The number of hydrogen-bond acceptors (Lipinski definition) is 3. The zero-order chi connectivity index (χ0) is 10.2. The molecular weight excluding hydrogens is 176 g/mol. The fraction of sp³-hybridized carbons (Fsp3) is 0.455. The van der Waals surface area contributed by atoms with Crippen LogP contribution in [0.1, 0.15) is 12.8 Å². The lowest BCUT2D eigenvalue weighted by Gasteiger charge is -2.17. The minimum atomic E-state index is 0.146. The van der Waals surface area contributed by atoms with Gasteiger partial charge in [0.05, 0.1) is 0 Å². The van der Waals surface area contributed by atoms with Crippen molar-refractivity contribution in [3.05, 3.63) is 30.3 Å². The van der Waals surface area contributed by atoms with E-state index < -0.39 is 0 Å². The summed E-state index contributed by atoms with van der Waals surface area (Å²) in [5.41, 5.74) is 11.0. The van der Waals surface area contributed by atoms with Gasteiger partial charge in [-0.25, -0.2) is 0 Å². The molecule has 0 spiro atoms. The molecule has 0 aliphatic carbocycles. The van der Waals surface area contributed by atoms with Crippen molar-refractivity contribution >= 4 is 0 Å². The lowest BCUT2D eigenvalue weighted by atomic mass is 10.2. The summed E-state index contributed by atoms with van der Waals surface area (Å²) >= 11 is 0. The van der Waals surface area contributed by atoms with E-state index in [0.717, 1.165) is 18.6 Å². The summed E-state index contributed by atoms with van der Waals surface area (Å²) in [4.78, 5) is 0. The van der Waals surface area contributed by atoms with Gasteiger partial charge in [0.15, 0.2) is 0 Å². The van der Waals surface area contributed by atoms with Crippen LogP contribution in [0.5, 0.6) is 5.75 Å². The second-order valence-corrected chi connectivity index (χ2v) is 3.21. The van der Waals surface area contributed by atoms with E-state index in [9.17, 15) is 0 Å². The molecule has 0 saturated heterocycles. The first-order valence-corrected chi connectivity index (χ1v) is 4.98. The molecule has 1 aromatic rings. The van der Waals surface area contributed by atoms with E-state index in [0.29, 0.717) is 13.1 Å². The van der Waals surface area contributed by atoms with Gasteiger partial charge in [0.2, 0.25) is 0 Å². The zero-order valence-corrected chi connectivity index (χ0v) is 8.36. The molecule has 3 heteroatoms. The van der Waals surface area contributed by atoms with Crippen LogP contribution in [0.4, 0.5) is 0 Å². The average molecular weight is 194 g/mol. The Kier molecular flexibility index (Phi) is 5.04. The van der Waals surface area contributed by atoms with Crippen molar-refractivity contribution in [1.29, 1.82) is 0 Å². The maximum Gasteiger partial charge on any atom is 0.119 e. The molecule has 0 fully saturated rings. The molecule has 1 rings (SSSR count). The van der Waals surface area contributed by atoms with Crippen molar-refractivity contribution in [3.63, 3.8) is 0 Å². The number of hydrogen-bond donors (Lipinski definition) is 2. The van der Waals surface area contributed by atoms with Crippen molar-refractivity contribution in [2.45, 2.75) is 18.9 Å². The Morgan fingerprint density at radius 1 is 1.00 bits per heavy atom. The van der Waals surface area contributed by atoms with Gasteiger partial charge < -0.3 is 16.2 Å². The van der Waals surface area contributed by atoms with Crippen LogP contribution in [0.15, 0.2) is 30.3 Å². The highest BCUT2D eigenvalue weighted by Gasteiger charge is 2.07. The first-order valence-electron chi connectivity index (χ1n) is 4.98. The molecule has 0 atom stereocenters. The molecule has 0 aromatic heterocycles. The first kappa shape index (κ1) is 11.0. The number of nitrogens with two attached hydrogens (primary N) is 2. The van der Waals surface area contributed by atoms with E-state index in [1.165, 1.54) is 0 Å². The van der Waals surface area contributed by atoms with Crippen molar-refractivity contribution in [2.75, 3.05) is 13.1 Å². The van der Waals surface area contributed by atoms with Crippen molar-refractivity contribution in [2.24, 2.45) is 11.5 Å². The first-order chi connectivity index (χ1) is 6.86. The third-order valence-electron chi connectivity index (χ3n) is 2.02. The number of benzene rings is 1. The molecule has 0 saturated carbocycles. The molecule has 0 amide bonds. The summed E-state index contributed by atoms with van der Waals surface area (Å²) in [5.74, 6) is 0.888. The quantitative estimate of drug-likeness (QED) is 0.713. The largest absolute Gasteiger partial charge is 0.490 e. The minimum Gasteiger partial charge on any atom is -0.490 e. The molecule has 3 nitrogen and oxygen atoms in total. The van der Waals surface area contributed by atoms with Gasteiger partial charge in [0, 0.05) is 0 Å². The van der Waals surface area contributed by atoms with Gasteiger partial charge in [0.25, 0.3) is 0 Å². The van der Waals surface area contributed by atoms with E-state index >= 15 is 0 Å². The molecule has 78 valence electrons. The Labute approximate surface area is 85.0 Å². The molecule has 0 bridgehead atoms. The van der Waals surface area contributed by atoms with Crippen LogP contribution in [0.25, 0.3) is 0 Å². The highest BCUT2D eigenvalue weighted by Crippen LogP contribution is 2.13. The summed E-state index contributed by atoms with van der Waals surface area (Å²) in [6.45, 7) is 1.27. The second-order valence-electron chi connectivity index (χ2n) is 3.21. The van der Waals surface area contributed by atoms with Gasteiger partial charge >= 0.3 is 0 Å². The van der Waals surface area contributed by atoms with Gasteiger partial charge in [0.1, 0.15) is 11.9 Å². The molecule has 0 radical (unpaired) electrons. The van der Waals surface area contributed by atoms with Gasteiger partial charge in [-0.15, -0.1) is 0 Å². The summed E-state index contributed by atoms with van der Waals surface area (Å²) in [6.07, 6.45) is 1.85. The summed E-state index contributed by atoms with van der Waals surface area (Å²) < 4.78 is 5.74. The van der Waals surface area contributed by atoms with E-state index in [-0.39, 0.29) is 6.10 Å². The smallest absolute Gasteiger partial charge is 0.119 e. The Bertz CT molecular complexity index is 232. The molecule has 0 aliphatic rings. The highest BCUT2D eigenvalue weighted by atomic mass is 16.5. The molecule has 14 heavy (non-hydrogen) atoms. The number of para-hydroxylation sites is 1. The fourth-order valence-corrected chi connectivity index (χ4v) is 1.33. The Hall–Kier alpha value is -1.06. The van der Waals surface area contributed by atoms with Gasteiger partial charge in [-0.1, -0.05) is 18.2 Å². The normalized spacial score (nSPS) is 10.5. The number of rotatable bonds is 6. The van der Waals surface area contributed by atoms with Crippen LogP contribution in [0, 0.1) is 0 Å². The summed E-state index contributed by atoms with van der Waals surface area (Å²) in [6, 6.07) is 9.77. The maximum absolute atomic E-state index is 5.74. The topological polar surface area (TPSA) is 61.3 Å². The van der Waals surface area contributed by atoms with Gasteiger partial charge in [-0.3, -0.25) is 0 Å². The van der Waals surface area contributed by atoms with E-state index in [1.54, 1.807) is 0 Å². The Morgan fingerprint density at radius 3 is 2.07 bits per heavy atom.